The number of thioether (sulfide) groups is 1. The van der Waals surface area contributed by atoms with Crippen LogP contribution in [0.5, 0.6) is 0 Å². The van der Waals surface area contributed by atoms with Crippen molar-refractivity contribution in [3.8, 4) is 0 Å². The van der Waals surface area contributed by atoms with Crippen LogP contribution >= 0.6 is 11.8 Å². The van der Waals surface area contributed by atoms with Crippen molar-refractivity contribution in [2.45, 2.75) is 58.6 Å². The first kappa shape index (κ1) is 19.8. The van der Waals surface area contributed by atoms with Crippen LogP contribution < -0.4 is 0 Å². The lowest BCUT2D eigenvalue weighted by atomic mass is 9.84. The van der Waals surface area contributed by atoms with Crippen molar-refractivity contribution in [1.82, 2.24) is 0 Å². The molecular weight excluding hydrogens is 290 g/mol. The number of unbranched alkanes of at least 4 members (excludes halogenated alkanes) is 1. The predicted molar refractivity (Wildman–Crippen MR) is 85.0 cm³/mol. The quantitative estimate of drug-likeness (QED) is 0.222. The van der Waals surface area contributed by atoms with Crippen LogP contribution in [0.1, 0.15) is 53.9 Å². The van der Waals surface area contributed by atoms with Crippen LogP contribution in [-0.2, 0) is 14.3 Å². The zero-order valence-electron chi connectivity index (χ0n) is 13.5. The van der Waals surface area contributed by atoms with Crippen molar-refractivity contribution >= 4 is 23.6 Å². The van der Waals surface area contributed by atoms with Crippen LogP contribution in [0.15, 0.2) is 5.11 Å². The van der Waals surface area contributed by atoms with E-state index < -0.39 is 17.3 Å². The van der Waals surface area contributed by atoms with Crippen LogP contribution in [0.4, 0.5) is 0 Å². The molecule has 0 saturated heterocycles. The van der Waals surface area contributed by atoms with Crippen molar-refractivity contribution in [3.05, 3.63) is 10.4 Å². The highest BCUT2D eigenvalue weighted by Gasteiger charge is 2.46. The molecule has 0 aromatic carbocycles. The molecule has 0 fully saturated rings. The molecule has 0 aromatic rings. The largest absolute Gasteiger partial charge is 0.465 e. The maximum absolute atomic E-state index is 12.4. The van der Waals surface area contributed by atoms with Gasteiger partial charge in [0.25, 0.3) is 0 Å². The topological polar surface area (TPSA) is 92.1 Å². The van der Waals surface area contributed by atoms with E-state index in [1.165, 1.54) is 11.8 Å². The summed E-state index contributed by atoms with van der Waals surface area (Å²) >= 11 is 1.49. The summed E-state index contributed by atoms with van der Waals surface area (Å²) in [6, 6.07) is 0. The van der Waals surface area contributed by atoms with E-state index >= 15 is 0 Å². The lowest BCUT2D eigenvalue weighted by Gasteiger charge is -2.31. The van der Waals surface area contributed by atoms with E-state index in [1.807, 2.05) is 27.7 Å². The highest BCUT2D eigenvalue weighted by Crippen LogP contribution is 2.37. The molecule has 1 amide bonds. The van der Waals surface area contributed by atoms with Crippen LogP contribution in [0, 0.1) is 5.41 Å². The van der Waals surface area contributed by atoms with E-state index in [9.17, 15) is 9.59 Å². The van der Waals surface area contributed by atoms with Gasteiger partial charge in [-0.3, -0.25) is 9.59 Å². The smallest absolute Gasteiger partial charge is 0.320 e. The van der Waals surface area contributed by atoms with Crippen molar-refractivity contribution in [2.75, 3.05) is 12.4 Å². The molecule has 120 valence electrons. The molecule has 0 aromatic heterocycles. The van der Waals surface area contributed by atoms with Crippen molar-refractivity contribution in [2.24, 2.45) is 10.5 Å². The molecule has 0 spiro atoms. The molecule has 0 N–H and O–H groups in total. The zero-order chi connectivity index (χ0) is 16.5. The second-order valence-corrected chi connectivity index (χ2v) is 7.60. The van der Waals surface area contributed by atoms with Crippen LogP contribution in [0.3, 0.4) is 0 Å². The van der Waals surface area contributed by atoms with Gasteiger partial charge in [-0.15, -0.1) is 0 Å². The number of carbonyl (C=O) groups excluding carboxylic acids is 2. The molecule has 0 radical (unpaired) electrons. The fourth-order valence-electron chi connectivity index (χ4n) is 1.71. The summed E-state index contributed by atoms with van der Waals surface area (Å²) < 4.78 is 4.97. The van der Waals surface area contributed by atoms with Gasteiger partial charge in [-0.05, 0) is 24.0 Å². The van der Waals surface area contributed by atoms with Gasteiger partial charge < -0.3 is 4.74 Å². The second kappa shape index (κ2) is 8.95. The first-order valence-electron chi connectivity index (χ1n) is 7.14. The molecule has 0 bridgehead atoms. The summed E-state index contributed by atoms with van der Waals surface area (Å²) in [6.07, 6.45) is 1.87. The minimum atomic E-state index is -1.38. The Labute approximate surface area is 130 Å². The minimum Gasteiger partial charge on any atom is -0.465 e. The van der Waals surface area contributed by atoms with Gasteiger partial charge in [-0.1, -0.05) is 40.5 Å². The Balaban J connectivity index is 5.53. The summed E-state index contributed by atoms with van der Waals surface area (Å²) in [5, 5.41) is 3.18. The zero-order valence-corrected chi connectivity index (χ0v) is 14.3. The van der Waals surface area contributed by atoms with Gasteiger partial charge >= 0.3 is 5.97 Å². The van der Waals surface area contributed by atoms with E-state index in [4.69, 9.17) is 10.3 Å². The van der Waals surface area contributed by atoms with Gasteiger partial charge in [0, 0.05) is 15.4 Å². The van der Waals surface area contributed by atoms with Crippen molar-refractivity contribution in [3.63, 3.8) is 0 Å². The van der Waals surface area contributed by atoms with Crippen molar-refractivity contribution < 1.29 is 14.3 Å². The fraction of sp³-hybridized carbons (Fsp3) is 0.857. The number of carbonyl (C=O) groups is 2. The molecule has 1 atom stereocenters. The summed E-state index contributed by atoms with van der Waals surface area (Å²) in [7, 11) is 0. The number of ether oxygens (including phenoxy) is 1. The average molecular weight is 315 g/mol. The van der Waals surface area contributed by atoms with Crippen LogP contribution in [-0.4, -0.2) is 29.0 Å². The molecule has 0 heterocycles. The SMILES string of the molecule is CCCC[C@](CSC(C)(C)C)(C(=O)N=[N+]=[N-])C(=O)OCC. The summed E-state index contributed by atoms with van der Waals surface area (Å²) in [4.78, 5) is 27.2. The highest BCUT2D eigenvalue weighted by atomic mass is 32.2. The van der Waals surface area contributed by atoms with E-state index in [0.717, 1.165) is 6.42 Å². The molecule has 0 aliphatic rings. The number of nitrogens with zero attached hydrogens (tertiary/aromatic N) is 3. The first-order chi connectivity index (χ1) is 9.73. The van der Waals surface area contributed by atoms with Crippen LogP contribution in [0.25, 0.3) is 10.4 Å². The molecule has 21 heavy (non-hydrogen) atoms. The lowest BCUT2D eigenvalue weighted by molar-refractivity contribution is -0.158. The first-order valence-corrected chi connectivity index (χ1v) is 8.12. The predicted octanol–water partition coefficient (Wildman–Crippen LogP) is 4.09. The number of amides is 1. The number of rotatable bonds is 8. The van der Waals surface area contributed by atoms with Gasteiger partial charge in [0.05, 0.1) is 6.61 Å². The summed E-state index contributed by atoms with van der Waals surface area (Å²) in [5.41, 5.74) is 7.17. The number of hydrogen-bond donors (Lipinski definition) is 0. The Morgan fingerprint density at radius 1 is 1.29 bits per heavy atom. The van der Waals surface area contributed by atoms with Gasteiger partial charge in [0.2, 0.25) is 5.91 Å². The average Bonchev–Trinajstić information content (AvgIpc) is 2.38. The lowest BCUT2D eigenvalue weighted by Crippen LogP contribution is -2.43. The maximum Gasteiger partial charge on any atom is 0.320 e. The Hall–Kier alpha value is -1.20. The Morgan fingerprint density at radius 2 is 1.90 bits per heavy atom. The van der Waals surface area contributed by atoms with Gasteiger partial charge in [-0.25, -0.2) is 0 Å². The molecule has 0 rings (SSSR count). The van der Waals surface area contributed by atoms with E-state index in [2.05, 4.69) is 10.0 Å². The van der Waals surface area contributed by atoms with Gasteiger partial charge in [0.15, 0.2) is 0 Å². The van der Waals surface area contributed by atoms with Crippen LogP contribution in [0.2, 0.25) is 0 Å². The third kappa shape index (κ3) is 6.40. The third-order valence-corrected chi connectivity index (χ3v) is 4.42. The second-order valence-electron chi connectivity index (χ2n) is 5.80. The third-order valence-electron chi connectivity index (χ3n) is 2.92. The van der Waals surface area contributed by atoms with Gasteiger partial charge in [0.1, 0.15) is 5.41 Å². The van der Waals surface area contributed by atoms with Gasteiger partial charge in [-0.2, -0.15) is 11.8 Å². The van der Waals surface area contributed by atoms with Crippen molar-refractivity contribution in [1.29, 1.82) is 0 Å². The summed E-state index contributed by atoms with van der Waals surface area (Å²) in [6.45, 7) is 9.88. The maximum atomic E-state index is 12.4. The Morgan fingerprint density at radius 3 is 2.33 bits per heavy atom. The molecule has 0 unspecified atom stereocenters. The van der Waals surface area contributed by atoms with E-state index in [1.54, 1.807) is 6.92 Å². The monoisotopic (exact) mass is 315 g/mol. The minimum absolute atomic E-state index is 0.111. The number of esters is 1. The number of azide groups is 1. The van der Waals surface area contributed by atoms with E-state index in [-0.39, 0.29) is 17.1 Å². The fourth-order valence-corrected chi connectivity index (χ4v) is 2.78. The Kier molecular flexibility index (Phi) is 8.44. The molecular formula is C14H25N3O3S. The molecule has 7 heteroatoms. The Bertz CT molecular complexity index is 414. The highest BCUT2D eigenvalue weighted by molar-refractivity contribution is 8.00. The number of hydrogen-bond acceptors (Lipinski definition) is 4. The normalized spacial score (nSPS) is 14.0. The molecule has 0 aliphatic carbocycles. The standard InChI is InChI=1S/C14H25N3O3S/c1-6-8-9-14(11(18)16-17-15,12(19)20-7-2)10-21-13(3,4)5/h6-10H2,1-5H3/t14-/m0/s1. The molecule has 0 aliphatic heterocycles. The molecule has 0 saturated carbocycles. The van der Waals surface area contributed by atoms with E-state index in [0.29, 0.717) is 12.8 Å². The molecule has 6 nitrogen and oxygen atoms in total. The summed E-state index contributed by atoms with van der Waals surface area (Å²) in [5.74, 6) is -1.08.